The van der Waals surface area contributed by atoms with Crippen molar-refractivity contribution in [1.29, 1.82) is 0 Å². The van der Waals surface area contributed by atoms with Crippen molar-refractivity contribution in [1.82, 2.24) is 19.8 Å². The van der Waals surface area contributed by atoms with Crippen molar-refractivity contribution in [2.45, 2.75) is 12.8 Å². The lowest BCUT2D eigenvalue weighted by atomic mass is 9.97. The Morgan fingerprint density at radius 2 is 2.27 bits per heavy atom. The molecule has 140 valence electrons. The fourth-order valence-corrected chi connectivity index (χ4v) is 3.44. The number of nitrogens with one attached hydrogen (secondary N) is 2. The molecule has 8 heteroatoms. The van der Waals surface area contributed by atoms with E-state index in [-0.39, 0.29) is 23.3 Å². The molecule has 3 rings (SSSR count). The number of piperidine rings is 1. The summed E-state index contributed by atoms with van der Waals surface area (Å²) in [7, 11) is 4.09. The Morgan fingerprint density at radius 1 is 1.46 bits per heavy atom. The number of carbonyl (C=O) groups is 1. The van der Waals surface area contributed by atoms with E-state index < -0.39 is 0 Å². The fourth-order valence-electron chi connectivity index (χ4n) is 3.22. The molecule has 0 saturated carbocycles. The first-order valence-corrected chi connectivity index (χ1v) is 9.18. The molecule has 1 atom stereocenters. The van der Waals surface area contributed by atoms with Crippen molar-refractivity contribution in [3.8, 4) is 0 Å². The Labute approximate surface area is 157 Å². The molecular weight excluding hydrogens is 354 g/mol. The van der Waals surface area contributed by atoms with Gasteiger partial charge < -0.3 is 9.80 Å². The number of para-hydroxylation sites is 1. The number of likely N-dealkylation sites (N-methyl/N-ethyl adjacent to an activating group) is 1. The topological polar surface area (TPSA) is 81.3 Å². The number of amides is 1. The maximum absolute atomic E-state index is 12.6. The lowest BCUT2D eigenvalue weighted by molar-refractivity contribution is -0.121. The van der Waals surface area contributed by atoms with E-state index in [1.165, 1.54) is 0 Å². The highest BCUT2D eigenvalue weighted by Crippen LogP contribution is 2.21. The lowest BCUT2D eigenvalue weighted by Gasteiger charge is -2.32. The highest BCUT2D eigenvalue weighted by molar-refractivity contribution is 6.35. The van der Waals surface area contributed by atoms with Crippen molar-refractivity contribution in [3.63, 3.8) is 0 Å². The average molecular weight is 378 g/mol. The second-order valence-corrected chi connectivity index (χ2v) is 7.39. The first kappa shape index (κ1) is 18.8. The first-order valence-electron chi connectivity index (χ1n) is 8.80. The van der Waals surface area contributed by atoms with Gasteiger partial charge in [-0.25, -0.2) is 4.98 Å². The number of hydrogen-bond donors (Lipinski definition) is 2. The van der Waals surface area contributed by atoms with Crippen molar-refractivity contribution < 1.29 is 4.79 Å². The van der Waals surface area contributed by atoms with E-state index in [2.05, 4.69) is 25.1 Å². The molecule has 1 amide bonds. The van der Waals surface area contributed by atoms with Gasteiger partial charge in [-0.2, -0.15) is 0 Å². The van der Waals surface area contributed by atoms with E-state index in [4.69, 9.17) is 11.6 Å². The summed E-state index contributed by atoms with van der Waals surface area (Å²) in [6.45, 7) is 3.64. The smallest absolute Gasteiger partial charge is 0.260 e. The summed E-state index contributed by atoms with van der Waals surface area (Å²) in [6, 6.07) is 5.03. The molecule has 2 N–H and O–H groups in total. The van der Waals surface area contributed by atoms with Crippen LogP contribution in [0, 0.1) is 5.92 Å². The number of anilines is 1. The molecule has 0 aliphatic carbocycles. The minimum atomic E-state index is -0.316. The number of halogens is 1. The Kier molecular flexibility index (Phi) is 5.90. The molecule has 7 nitrogen and oxygen atoms in total. The molecule has 2 aromatic rings. The zero-order valence-corrected chi connectivity index (χ0v) is 15.8. The van der Waals surface area contributed by atoms with E-state index in [0.29, 0.717) is 15.9 Å². The molecule has 1 fully saturated rings. The molecule has 1 aromatic heterocycles. The number of aromatic amines is 1. The molecule has 0 radical (unpaired) electrons. The van der Waals surface area contributed by atoms with Gasteiger partial charge in [0.2, 0.25) is 11.9 Å². The number of benzene rings is 1. The SMILES string of the molecule is CN(C)CCN1CCCC(C(=O)Nc2nc3c(Cl)cccc3c(=O)[nH]2)C1. The van der Waals surface area contributed by atoms with Crippen LogP contribution in [0.25, 0.3) is 10.9 Å². The molecular formula is C18H24ClN5O2. The van der Waals surface area contributed by atoms with E-state index in [0.717, 1.165) is 39.0 Å². The van der Waals surface area contributed by atoms with Gasteiger partial charge in [0.15, 0.2) is 0 Å². The van der Waals surface area contributed by atoms with E-state index in [1.54, 1.807) is 18.2 Å². The standard InChI is InChI=1S/C18H24ClN5O2/c1-23(2)9-10-24-8-4-5-12(11-24)16(25)21-18-20-15-13(17(26)22-18)6-3-7-14(15)19/h3,6-7,12H,4-5,8-11H2,1-2H3,(H2,20,21,22,25,26). The van der Waals surface area contributed by atoms with Crippen LogP contribution in [0.4, 0.5) is 5.95 Å². The maximum Gasteiger partial charge on any atom is 0.260 e. The van der Waals surface area contributed by atoms with Gasteiger partial charge in [-0.05, 0) is 45.6 Å². The van der Waals surface area contributed by atoms with Gasteiger partial charge >= 0.3 is 0 Å². The number of fused-ring (bicyclic) bond motifs is 1. The number of hydrogen-bond acceptors (Lipinski definition) is 5. The van der Waals surface area contributed by atoms with Crippen LogP contribution in [-0.4, -0.2) is 65.9 Å². The molecule has 0 spiro atoms. The summed E-state index contributed by atoms with van der Waals surface area (Å²) in [4.78, 5) is 36.2. The number of nitrogens with zero attached hydrogens (tertiary/aromatic N) is 3. The van der Waals surface area contributed by atoms with E-state index in [1.807, 2.05) is 14.1 Å². The summed E-state index contributed by atoms with van der Waals surface area (Å²) in [5, 5.41) is 3.55. The molecule has 1 aliphatic rings. The molecule has 1 aromatic carbocycles. The average Bonchev–Trinajstić information content (AvgIpc) is 2.61. The summed E-state index contributed by atoms with van der Waals surface area (Å²) in [5.41, 5.74) is 0.0773. The van der Waals surface area contributed by atoms with Gasteiger partial charge in [0, 0.05) is 19.6 Å². The van der Waals surface area contributed by atoms with Gasteiger partial charge in [-0.3, -0.25) is 19.9 Å². The summed E-state index contributed by atoms with van der Waals surface area (Å²) in [6.07, 6.45) is 1.82. The van der Waals surface area contributed by atoms with E-state index >= 15 is 0 Å². The van der Waals surface area contributed by atoms with E-state index in [9.17, 15) is 9.59 Å². The molecule has 1 saturated heterocycles. The van der Waals surface area contributed by atoms with Crippen LogP contribution in [0.1, 0.15) is 12.8 Å². The van der Waals surface area contributed by atoms with Gasteiger partial charge in [-0.1, -0.05) is 17.7 Å². The first-order chi connectivity index (χ1) is 12.4. The minimum Gasteiger partial charge on any atom is -0.308 e. The Morgan fingerprint density at radius 3 is 3.04 bits per heavy atom. The Hall–Kier alpha value is -1.96. The summed E-state index contributed by atoms with van der Waals surface area (Å²) < 4.78 is 0. The molecule has 0 bridgehead atoms. The largest absolute Gasteiger partial charge is 0.308 e. The number of carbonyl (C=O) groups excluding carboxylic acids is 1. The quantitative estimate of drug-likeness (QED) is 0.830. The molecule has 1 unspecified atom stereocenters. The zero-order valence-electron chi connectivity index (χ0n) is 15.1. The highest BCUT2D eigenvalue weighted by Gasteiger charge is 2.26. The van der Waals surface area contributed by atoms with Gasteiger partial charge in [0.25, 0.3) is 5.56 Å². The number of aromatic nitrogens is 2. The van der Waals surface area contributed by atoms with Crippen LogP contribution in [0.15, 0.2) is 23.0 Å². The zero-order chi connectivity index (χ0) is 18.7. The van der Waals surface area contributed by atoms with Gasteiger partial charge in [0.05, 0.1) is 21.8 Å². The number of likely N-dealkylation sites (tertiary alicyclic amines) is 1. The Bertz CT molecular complexity index is 851. The van der Waals surface area contributed by atoms with Crippen LogP contribution >= 0.6 is 11.6 Å². The third-order valence-corrected chi connectivity index (χ3v) is 4.97. The fraction of sp³-hybridized carbons (Fsp3) is 0.500. The monoisotopic (exact) mass is 377 g/mol. The maximum atomic E-state index is 12.6. The molecule has 1 aliphatic heterocycles. The van der Waals surface area contributed by atoms with Crippen molar-refractivity contribution in [3.05, 3.63) is 33.6 Å². The minimum absolute atomic E-state index is 0.113. The number of rotatable bonds is 5. The molecule has 2 heterocycles. The summed E-state index contributed by atoms with van der Waals surface area (Å²) >= 11 is 6.13. The highest BCUT2D eigenvalue weighted by atomic mass is 35.5. The second kappa shape index (κ2) is 8.16. The van der Waals surface area contributed by atoms with Crippen LogP contribution in [0.3, 0.4) is 0 Å². The van der Waals surface area contributed by atoms with Crippen LogP contribution < -0.4 is 10.9 Å². The lowest BCUT2D eigenvalue weighted by Crippen LogP contribution is -2.43. The predicted octanol–water partition coefficient (Wildman–Crippen LogP) is 1.79. The van der Waals surface area contributed by atoms with Gasteiger partial charge in [-0.15, -0.1) is 0 Å². The van der Waals surface area contributed by atoms with Crippen LogP contribution in [-0.2, 0) is 4.79 Å². The van der Waals surface area contributed by atoms with Crippen LogP contribution in [0.5, 0.6) is 0 Å². The van der Waals surface area contributed by atoms with Gasteiger partial charge in [0.1, 0.15) is 0 Å². The molecule has 26 heavy (non-hydrogen) atoms. The predicted molar refractivity (Wildman–Crippen MR) is 104 cm³/mol. The van der Waals surface area contributed by atoms with Crippen molar-refractivity contribution >= 4 is 34.4 Å². The third kappa shape index (κ3) is 4.41. The Balaban J connectivity index is 1.70. The van der Waals surface area contributed by atoms with Crippen molar-refractivity contribution in [2.24, 2.45) is 5.92 Å². The van der Waals surface area contributed by atoms with Crippen LogP contribution in [0.2, 0.25) is 5.02 Å². The summed E-state index contributed by atoms with van der Waals surface area (Å²) in [5.74, 6) is -0.0849. The van der Waals surface area contributed by atoms with Crippen molar-refractivity contribution in [2.75, 3.05) is 45.6 Å². The number of H-pyrrole nitrogens is 1. The second-order valence-electron chi connectivity index (χ2n) is 6.98. The normalized spacial score (nSPS) is 18.4. The third-order valence-electron chi connectivity index (χ3n) is 4.67.